The lowest BCUT2D eigenvalue weighted by atomic mass is 10.0. The van der Waals surface area contributed by atoms with Crippen molar-refractivity contribution in [2.75, 3.05) is 32.5 Å². The molecule has 0 spiro atoms. The highest BCUT2D eigenvalue weighted by Crippen LogP contribution is 2.36. The minimum Gasteiger partial charge on any atom is -0.494 e. The maximum absolute atomic E-state index is 13.4. The zero-order valence-corrected chi connectivity index (χ0v) is 22.8. The van der Waals surface area contributed by atoms with Crippen LogP contribution in [0, 0.1) is 18.3 Å². The zero-order chi connectivity index (χ0) is 43.2. The van der Waals surface area contributed by atoms with E-state index in [1.54, 1.807) is 6.07 Å². The quantitative estimate of drug-likeness (QED) is 0.190. The van der Waals surface area contributed by atoms with E-state index in [4.69, 9.17) is 43.0 Å². The molecule has 0 radical (unpaired) electrons. The highest BCUT2D eigenvalue weighted by Gasteiger charge is 2.16. The Bertz CT molecular complexity index is 2370. The molecule has 0 atom stereocenters. The average molecular weight is 586 g/mol. The number of ketones is 1. The SMILES string of the molecule is [2H]/C(CN(C)C([2H])([2H])[2H])=C(/[2H])C(=O)Cc1c(OCC)c([2H])c2nc([2H])c(C#N)c(Nc3c([2H])c([2H])c(OC([2H])([2H])c4nc(C)c([2H])c([2H])c4[2H])c(Cl)c3[2H])c2c1[2H]. The number of carbonyl (C=O) groups is 1. The van der Waals surface area contributed by atoms with Crippen molar-refractivity contribution in [2.24, 2.45) is 0 Å². The number of carbonyl (C=O) groups excluding carboxylic acids is 1. The third-order valence-corrected chi connectivity index (χ3v) is 5.28. The lowest BCUT2D eigenvalue weighted by Gasteiger charge is -2.16. The predicted octanol–water partition coefficient (Wildman–Crippen LogP) is 6.41. The second kappa shape index (κ2) is 13.8. The third kappa shape index (κ3) is 7.82. The largest absolute Gasteiger partial charge is 0.494 e. The van der Waals surface area contributed by atoms with Crippen LogP contribution in [0.1, 0.15) is 51.4 Å². The Kier molecular flexibility index (Phi) is 5.02. The Morgan fingerprint density at radius 1 is 1.29 bits per heavy atom. The molecule has 8 nitrogen and oxygen atoms in total. The van der Waals surface area contributed by atoms with E-state index in [-0.39, 0.29) is 23.6 Å². The van der Waals surface area contributed by atoms with Crippen molar-refractivity contribution in [3.8, 4) is 17.6 Å². The Hall–Kier alpha value is -4.45. The number of hydrogen-bond acceptors (Lipinski definition) is 8. The fraction of sp³-hybridized carbons (Fsp3) is 0.250. The van der Waals surface area contributed by atoms with Crippen molar-refractivity contribution in [1.82, 2.24) is 14.9 Å². The molecule has 4 aromatic rings. The van der Waals surface area contributed by atoms with E-state index in [9.17, 15) is 10.1 Å². The number of allylic oxidation sites excluding steroid dienone is 1. The summed E-state index contributed by atoms with van der Waals surface area (Å²) < 4.78 is 143. The number of nitrogens with zero attached hydrogens (tertiary/aromatic N) is 4. The summed E-state index contributed by atoms with van der Waals surface area (Å²) in [6, 6.07) is -5.47. The number of aromatic nitrogens is 2. The molecule has 0 amide bonds. The summed E-state index contributed by atoms with van der Waals surface area (Å²) in [7, 11) is 1.17. The van der Waals surface area contributed by atoms with Crippen molar-refractivity contribution >= 4 is 39.7 Å². The first-order valence-corrected chi connectivity index (χ1v) is 12.3. The van der Waals surface area contributed by atoms with Crippen LogP contribution in [0.25, 0.3) is 10.9 Å². The summed E-state index contributed by atoms with van der Waals surface area (Å²) in [5.41, 5.74) is -3.25. The number of halogens is 1. The van der Waals surface area contributed by atoms with Crippen molar-refractivity contribution in [1.29, 1.82) is 5.26 Å². The Morgan fingerprint density at radius 2 is 2.15 bits per heavy atom. The number of hydrogen-bond donors (Lipinski definition) is 1. The summed E-state index contributed by atoms with van der Waals surface area (Å²) in [4.78, 5) is 22.0. The van der Waals surface area contributed by atoms with Gasteiger partial charge in [-0.1, -0.05) is 23.7 Å². The average Bonchev–Trinajstić information content (AvgIpc) is 3.14. The Labute approximate surface area is 267 Å². The first kappa shape index (κ1) is 15.0. The van der Waals surface area contributed by atoms with Crippen LogP contribution in [0.15, 0.2) is 66.6 Å². The monoisotopic (exact) mass is 585 g/mol. The van der Waals surface area contributed by atoms with Gasteiger partial charge in [-0.15, -0.1) is 0 Å². The fourth-order valence-electron chi connectivity index (χ4n) is 3.31. The highest BCUT2D eigenvalue weighted by atomic mass is 35.5. The zero-order valence-electron chi connectivity index (χ0n) is 38.0. The van der Waals surface area contributed by atoms with Gasteiger partial charge < -0.3 is 19.7 Å². The number of nitrogens with one attached hydrogen (secondary N) is 1. The van der Waals surface area contributed by atoms with Crippen LogP contribution in [0.5, 0.6) is 11.5 Å². The second-order valence-electron chi connectivity index (χ2n) is 8.20. The van der Waals surface area contributed by atoms with Gasteiger partial charge in [-0.3, -0.25) is 14.8 Å². The predicted molar refractivity (Wildman–Crippen MR) is 162 cm³/mol. The molecule has 2 aromatic carbocycles. The van der Waals surface area contributed by atoms with Gasteiger partial charge in [0.15, 0.2) is 5.78 Å². The molecular formula is C32H32ClN5O3. The lowest BCUT2D eigenvalue weighted by molar-refractivity contribution is -0.114. The lowest BCUT2D eigenvalue weighted by Crippen LogP contribution is -2.11. The van der Waals surface area contributed by atoms with E-state index < -0.39 is 143 Å². The molecule has 9 heteroatoms. The van der Waals surface area contributed by atoms with Gasteiger partial charge in [0.25, 0.3) is 0 Å². The number of rotatable bonds is 12. The van der Waals surface area contributed by atoms with E-state index in [1.807, 2.05) is 0 Å². The minimum absolute atomic E-state index is 0.0934. The van der Waals surface area contributed by atoms with Gasteiger partial charge >= 0.3 is 0 Å². The first-order valence-electron chi connectivity index (χ1n) is 19.9. The van der Waals surface area contributed by atoms with E-state index >= 15 is 0 Å². The molecule has 0 saturated heterocycles. The number of anilines is 2. The first-order chi connectivity index (χ1) is 26.3. The number of ether oxygens (including phenoxy) is 2. The van der Waals surface area contributed by atoms with Gasteiger partial charge in [-0.2, -0.15) is 5.26 Å². The van der Waals surface area contributed by atoms with Crippen molar-refractivity contribution in [2.45, 2.75) is 26.8 Å². The topological polar surface area (TPSA) is 100 Å². The Morgan fingerprint density at radius 3 is 2.93 bits per heavy atom. The number of aryl methyl sites for hydroxylation is 1. The molecule has 0 saturated carbocycles. The summed E-state index contributed by atoms with van der Waals surface area (Å²) in [6.07, 6.45) is -1.56. The molecule has 0 bridgehead atoms. The van der Waals surface area contributed by atoms with Gasteiger partial charge in [0.1, 0.15) is 24.1 Å². The summed E-state index contributed by atoms with van der Waals surface area (Å²) in [6.45, 7) is -3.57. The normalized spacial score (nSPS) is 17.9. The number of pyridine rings is 2. The highest BCUT2D eigenvalue weighted by molar-refractivity contribution is 6.32. The molecule has 0 aliphatic rings. The molecule has 0 aliphatic heterocycles. The van der Waals surface area contributed by atoms with Crippen molar-refractivity contribution in [3.05, 3.63) is 94.2 Å². The number of nitriles is 1. The van der Waals surface area contributed by atoms with E-state index in [0.717, 1.165) is 4.90 Å². The molecule has 1 N–H and O–H groups in total. The molecule has 0 fully saturated rings. The van der Waals surface area contributed by atoms with E-state index in [0.29, 0.717) is 0 Å². The molecule has 210 valence electrons. The summed E-state index contributed by atoms with van der Waals surface area (Å²) in [5, 5.41) is 11.6. The summed E-state index contributed by atoms with van der Waals surface area (Å²) in [5.74, 6) is -2.26. The molecule has 2 aromatic heterocycles. The summed E-state index contributed by atoms with van der Waals surface area (Å²) >= 11 is 6.43. The Balaban J connectivity index is 1.93. The molecule has 0 aliphatic carbocycles. The van der Waals surface area contributed by atoms with Gasteiger partial charge in [-0.05, 0) is 70.2 Å². The minimum atomic E-state index is -3.08. The fourth-order valence-corrected chi connectivity index (χ4v) is 3.49. The molecular weight excluding hydrogens is 538 g/mol. The van der Waals surface area contributed by atoms with Crippen LogP contribution in [-0.2, 0) is 17.8 Å². The number of likely N-dealkylation sites (N-methyl/N-ethyl adjacent to an activating group) is 1. The third-order valence-electron chi connectivity index (χ3n) is 5.02. The van der Waals surface area contributed by atoms with Gasteiger partial charge in [0.05, 0.1) is 51.9 Å². The van der Waals surface area contributed by atoms with Crippen LogP contribution in [-0.4, -0.2) is 47.8 Å². The molecule has 2 heterocycles. The van der Waals surface area contributed by atoms with Crippen LogP contribution in [0.3, 0.4) is 0 Å². The number of fused-ring (bicyclic) bond motifs is 1. The van der Waals surface area contributed by atoms with E-state index in [2.05, 4.69) is 15.3 Å². The van der Waals surface area contributed by atoms with Crippen LogP contribution >= 0.6 is 11.6 Å². The second-order valence-corrected chi connectivity index (χ2v) is 8.58. The standard InChI is InChI=1S/C32H32ClN5O3/c1-5-40-31-17-29-27(15-22(31)14-26(39)10-7-13-38(3)4)32(23(18-34)19-35-29)37-24-11-12-30(28(33)16-24)41-20-25-9-6-8-21(2)36-25/h6-12,15-17,19H,5,13-14,20H2,1-4H3,(H,35,37)/b10-7+/i3D3,6D,7D,8D,9D,10D,11D,12D,15D,16D,17D,19D,20D2. The van der Waals surface area contributed by atoms with Crippen LogP contribution in [0.2, 0.25) is 5.02 Å². The molecule has 0 unspecified atom stereocenters. The van der Waals surface area contributed by atoms with Gasteiger partial charge in [0, 0.05) is 51.6 Å². The smallest absolute Gasteiger partial charge is 0.159 e. The maximum atomic E-state index is 13.4. The van der Waals surface area contributed by atoms with E-state index in [1.165, 1.54) is 20.9 Å². The van der Waals surface area contributed by atoms with Crippen LogP contribution in [0.4, 0.5) is 11.4 Å². The van der Waals surface area contributed by atoms with Gasteiger partial charge in [-0.25, -0.2) is 0 Å². The van der Waals surface area contributed by atoms with Crippen molar-refractivity contribution < 1.29 is 36.2 Å². The van der Waals surface area contributed by atoms with Gasteiger partial charge in [0.2, 0.25) is 0 Å². The molecule has 41 heavy (non-hydrogen) atoms. The van der Waals surface area contributed by atoms with Crippen LogP contribution < -0.4 is 14.8 Å². The number of benzene rings is 2. The molecule has 4 rings (SSSR count). The van der Waals surface area contributed by atoms with Crippen molar-refractivity contribution in [3.63, 3.8) is 0 Å². The maximum Gasteiger partial charge on any atom is 0.159 e.